The van der Waals surface area contributed by atoms with Crippen molar-refractivity contribution in [2.24, 2.45) is 0 Å². The lowest BCUT2D eigenvalue weighted by Crippen LogP contribution is -1.96. The van der Waals surface area contributed by atoms with Crippen LogP contribution in [0.4, 0.5) is 8.78 Å². The van der Waals surface area contributed by atoms with E-state index in [2.05, 4.69) is 4.98 Å². The van der Waals surface area contributed by atoms with E-state index >= 15 is 0 Å². The molecule has 0 aromatic carbocycles. The van der Waals surface area contributed by atoms with Crippen molar-refractivity contribution in [3.8, 4) is 5.75 Å². The second-order valence-electron chi connectivity index (χ2n) is 2.58. The maximum atomic E-state index is 12.2. The predicted molar refractivity (Wildman–Crippen MR) is 45.1 cm³/mol. The highest BCUT2D eigenvalue weighted by molar-refractivity contribution is 5.32. The number of hydrogen-bond acceptors (Lipinski definition) is 2. The number of nitrogens with zero attached hydrogens (tertiary/aromatic N) is 1. The van der Waals surface area contributed by atoms with Crippen LogP contribution in [0.1, 0.15) is 24.6 Å². The summed E-state index contributed by atoms with van der Waals surface area (Å²) in [5, 5.41) is 0. The minimum atomic E-state index is -2.52. The van der Waals surface area contributed by atoms with Crippen molar-refractivity contribution in [3.05, 3.63) is 23.5 Å². The monoisotopic (exact) mass is 187 g/mol. The smallest absolute Gasteiger partial charge is 0.280 e. The summed E-state index contributed by atoms with van der Waals surface area (Å²) in [6, 6.07) is 1.38. The Kier molecular flexibility index (Phi) is 3.17. The molecule has 72 valence electrons. The Morgan fingerprint density at radius 3 is 2.69 bits per heavy atom. The van der Waals surface area contributed by atoms with Gasteiger partial charge in [-0.2, -0.15) is 0 Å². The van der Waals surface area contributed by atoms with Crippen molar-refractivity contribution in [2.75, 3.05) is 7.11 Å². The van der Waals surface area contributed by atoms with Gasteiger partial charge in [0.05, 0.1) is 13.3 Å². The van der Waals surface area contributed by atoms with Crippen LogP contribution in [0.25, 0.3) is 0 Å². The van der Waals surface area contributed by atoms with Crippen molar-refractivity contribution in [3.63, 3.8) is 0 Å². The van der Waals surface area contributed by atoms with Crippen molar-refractivity contribution < 1.29 is 13.5 Å². The minimum Gasteiger partial charge on any atom is -0.495 e. The Balaban J connectivity index is 3.05. The summed E-state index contributed by atoms with van der Waals surface area (Å²) in [6.45, 7) is 1.88. The van der Waals surface area contributed by atoms with Crippen LogP contribution in [0.3, 0.4) is 0 Å². The molecule has 0 unspecified atom stereocenters. The van der Waals surface area contributed by atoms with Gasteiger partial charge in [-0.15, -0.1) is 0 Å². The van der Waals surface area contributed by atoms with E-state index in [4.69, 9.17) is 4.74 Å². The topological polar surface area (TPSA) is 22.1 Å². The molecule has 0 atom stereocenters. The Morgan fingerprint density at radius 1 is 1.54 bits per heavy atom. The largest absolute Gasteiger partial charge is 0.495 e. The molecule has 0 saturated heterocycles. The van der Waals surface area contributed by atoms with E-state index < -0.39 is 6.43 Å². The van der Waals surface area contributed by atoms with Gasteiger partial charge in [-0.3, -0.25) is 4.98 Å². The highest BCUT2D eigenvalue weighted by Crippen LogP contribution is 2.23. The normalized spacial score (nSPS) is 10.5. The van der Waals surface area contributed by atoms with E-state index in [-0.39, 0.29) is 5.69 Å². The first kappa shape index (κ1) is 9.89. The SMILES string of the molecule is CCc1cc(C(F)F)ncc1OC. The average molecular weight is 187 g/mol. The standard InChI is InChI=1S/C9H11F2NO/c1-3-6-4-7(9(10)11)12-5-8(6)13-2/h4-5,9H,3H2,1-2H3. The molecule has 0 fully saturated rings. The van der Waals surface area contributed by atoms with Crippen molar-refractivity contribution in [1.29, 1.82) is 0 Å². The van der Waals surface area contributed by atoms with Gasteiger partial charge in [-0.25, -0.2) is 8.78 Å². The summed E-state index contributed by atoms with van der Waals surface area (Å²) in [4.78, 5) is 3.58. The van der Waals surface area contributed by atoms with Gasteiger partial charge in [-0.1, -0.05) is 6.92 Å². The molecule has 4 heteroatoms. The molecule has 0 bridgehead atoms. The molecular formula is C9H11F2NO. The summed E-state index contributed by atoms with van der Waals surface area (Å²) in [5.41, 5.74) is 0.561. The molecule has 0 aliphatic carbocycles. The highest BCUT2D eigenvalue weighted by Gasteiger charge is 2.11. The highest BCUT2D eigenvalue weighted by atomic mass is 19.3. The number of alkyl halides is 2. The molecule has 0 aliphatic rings. The molecule has 0 spiro atoms. The number of methoxy groups -OCH3 is 1. The molecule has 2 nitrogen and oxygen atoms in total. The summed E-state index contributed by atoms with van der Waals surface area (Å²) in [6.07, 6.45) is -0.526. The second kappa shape index (κ2) is 4.16. The zero-order valence-electron chi connectivity index (χ0n) is 7.55. The first-order chi connectivity index (χ1) is 6.19. The minimum absolute atomic E-state index is 0.197. The Hall–Kier alpha value is -1.19. The molecule has 0 aliphatic heterocycles. The Morgan fingerprint density at radius 2 is 2.23 bits per heavy atom. The van der Waals surface area contributed by atoms with Gasteiger partial charge < -0.3 is 4.74 Å². The molecular weight excluding hydrogens is 176 g/mol. The van der Waals surface area contributed by atoms with Crippen LogP contribution in [-0.2, 0) is 6.42 Å². The van der Waals surface area contributed by atoms with Gasteiger partial charge in [0.2, 0.25) is 0 Å². The van der Waals surface area contributed by atoms with Crippen LogP contribution in [0.2, 0.25) is 0 Å². The fourth-order valence-electron chi connectivity index (χ4n) is 1.08. The molecule has 1 aromatic heterocycles. The number of aromatic nitrogens is 1. The van der Waals surface area contributed by atoms with Gasteiger partial charge in [0.1, 0.15) is 11.4 Å². The summed E-state index contributed by atoms with van der Waals surface area (Å²) in [5.74, 6) is 0.562. The van der Waals surface area contributed by atoms with Gasteiger partial charge in [0, 0.05) is 0 Å². The van der Waals surface area contributed by atoms with Gasteiger partial charge >= 0.3 is 0 Å². The van der Waals surface area contributed by atoms with Crippen molar-refractivity contribution >= 4 is 0 Å². The summed E-state index contributed by atoms with van der Waals surface area (Å²) in [7, 11) is 1.50. The average Bonchev–Trinajstić information content (AvgIpc) is 2.16. The Labute approximate surface area is 75.6 Å². The third kappa shape index (κ3) is 2.14. The quantitative estimate of drug-likeness (QED) is 0.725. The molecule has 13 heavy (non-hydrogen) atoms. The first-order valence-electron chi connectivity index (χ1n) is 4.00. The van der Waals surface area contributed by atoms with Crippen LogP contribution in [0.5, 0.6) is 5.75 Å². The molecule has 0 saturated carbocycles. The van der Waals surface area contributed by atoms with E-state index in [1.54, 1.807) is 0 Å². The van der Waals surface area contributed by atoms with Gasteiger partial charge in [0.15, 0.2) is 0 Å². The van der Waals surface area contributed by atoms with Gasteiger partial charge in [0.25, 0.3) is 6.43 Å². The maximum Gasteiger partial charge on any atom is 0.280 e. The van der Waals surface area contributed by atoms with Crippen LogP contribution >= 0.6 is 0 Å². The zero-order valence-corrected chi connectivity index (χ0v) is 7.55. The fourth-order valence-corrected chi connectivity index (χ4v) is 1.08. The van der Waals surface area contributed by atoms with E-state index in [0.29, 0.717) is 12.2 Å². The number of ether oxygens (including phenoxy) is 1. The maximum absolute atomic E-state index is 12.2. The van der Waals surface area contributed by atoms with Crippen LogP contribution < -0.4 is 4.74 Å². The number of hydrogen-bond donors (Lipinski definition) is 0. The van der Waals surface area contributed by atoms with Crippen molar-refractivity contribution in [1.82, 2.24) is 4.98 Å². The molecule has 1 aromatic rings. The third-order valence-electron chi connectivity index (χ3n) is 1.79. The number of aryl methyl sites for hydroxylation is 1. The number of rotatable bonds is 3. The van der Waals surface area contributed by atoms with Crippen molar-refractivity contribution in [2.45, 2.75) is 19.8 Å². The third-order valence-corrected chi connectivity index (χ3v) is 1.79. The second-order valence-corrected chi connectivity index (χ2v) is 2.58. The molecule has 1 heterocycles. The molecule has 0 N–H and O–H groups in total. The lowest BCUT2D eigenvalue weighted by molar-refractivity contribution is 0.146. The van der Waals surface area contributed by atoms with E-state index in [1.807, 2.05) is 6.92 Å². The fraction of sp³-hybridized carbons (Fsp3) is 0.444. The molecule has 0 amide bonds. The van der Waals surface area contributed by atoms with Crippen LogP contribution in [0, 0.1) is 0 Å². The summed E-state index contributed by atoms with van der Waals surface area (Å²) < 4.78 is 29.4. The summed E-state index contributed by atoms with van der Waals surface area (Å²) >= 11 is 0. The number of halogens is 2. The molecule has 1 rings (SSSR count). The van der Waals surface area contributed by atoms with Crippen LogP contribution in [-0.4, -0.2) is 12.1 Å². The Bertz CT molecular complexity index is 289. The van der Waals surface area contributed by atoms with E-state index in [9.17, 15) is 8.78 Å². The zero-order chi connectivity index (χ0) is 9.84. The van der Waals surface area contributed by atoms with E-state index in [1.165, 1.54) is 19.4 Å². The number of pyridine rings is 1. The lowest BCUT2D eigenvalue weighted by atomic mass is 10.1. The van der Waals surface area contributed by atoms with Crippen LogP contribution in [0.15, 0.2) is 12.3 Å². The molecule has 0 radical (unpaired) electrons. The lowest BCUT2D eigenvalue weighted by Gasteiger charge is -2.07. The van der Waals surface area contributed by atoms with Gasteiger partial charge in [-0.05, 0) is 18.1 Å². The first-order valence-corrected chi connectivity index (χ1v) is 4.00. The predicted octanol–water partition coefficient (Wildman–Crippen LogP) is 2.59. The van der Waals surface area contributed by atoms with E-state index in [0.717, 1.165) is 5.56 Å².